The molecule has 2 saturated carbocycles. The molecular formula is C38H50FN5O9S. The van der Waals surface area contributed by atoms with Crippen LogP contribution in [0.25, 0.3) is 0 Å². The summed E-state index contributed by atoms with van der Waals surface area (Å²) < 4.78 is 55.8. The van der Waals surface area contributed by atoms with Crippen molar-refractivity contribution >= 4 is 40.0 Å². The number of carbonyl (C=O) groups is 5. The number of benzene rings is 1. The molecule has 54 heavy (non-hydrogen) atoms. The van der Waals surface area contributed by atoms with Gasteiger partial charge >= 0.3 is 22.3 Å². The van der Waals surface area contributed by atoms with Gasteiger partial charge in [0.25, 0.3) is 5.91 Å². The van der Waals surface area contributed by atoms with E-state index in [2.05, 4.69) is 15.8 Å². The highest BCUT2D eigenvalue weighted by molar-refractivity contribution is 7.88. The summed E-state index contributed by atoms with van der Waals surface area (Å²) in [5.41, 5.74) is 2.47. The number of ether oxygens (including phenoxy) is 2. The molecule has 3 N–H and O–H groups in total. The molecule has 0 radical (unpaired) electrons. The Bertz CT molecular complexity index is 1810. The second-order valence-corrected chi connectivity index (χ2v) is 16.9. The smallest absolute Gasteiger partial charge is 0.410 e. The maximum Gasteiger partial charge on any atom is 0.410 e. The summed E-state index contributed by atoms with van der Waals surface area (Å²) in [6.07, 6.45) is 8.06. The van der Waals surface area contributed by atoms with Crippen molar-refractivity contribution in [1.29, 1.82) is 0 Å². The lowest BCUT2D eigenvalue weighted by Crippen LogP contribution is -2.58. The van der Waals surface area contributed by atoms with Gasteiger partial charge < -0.3 is 19.7 Å². The van der Waals surface area contributed by atoms with E-state index in [1.807, 2.05) is 10.8 Å². The van der Waals surface area contributed by atoms with Crippen molar-refractivity contribution in [3.8, 4) is 0 Å². The van der Waals surface area contributed by atoms with Gasteiger partial charge in [0.05, 0.1) is 19.5 Å². The first-order valence-electron chi connectivity index (χ1n) is 19.0. The summed E-state index contributed by atoms with van der Waals surface area (Å²) in [7, 11) is -4.27. The Balaban J connectivity index is 1.25. The molecule has 3 heterocycles. The maximum absolute atomic E-state index is 14.5. The van der Waals surface area contributed by atoms with Gasteiger partial charge in [-0.2, -0.15) is 13.1 Å². The Morgan fingerprint density at radius 1 is 1.04 bits per heavy atom. The van der Waals surface area contributed by atoms with E-state index in [1.54, 1.807) is 32.1 Å². The van der Waals surface area contributed by atoms with Gasteiger partial charge in [0.2, 0.25) is 11.8 Å². The number of carbonyl (C=O) groups excluding carboxylic acids is 5. The van der Waals surface area contributed by atoms with Crippen LogP contribution in [0.4, 0.5) is 9.18 Å². The van der Waals surface area contributed by atoms with Gasteiger partial charge in [0.1, 0.15) is 29.6 Å². The number of rotatable bonds is 8. The lowest BCUT2D eigenvalue weighted by atomic mass is 9.95. The van der Waals surface area contributed by atoms with Crippen molar-refractivity contribution in [1.82, 2.24) is 24.6 Å². The van der Waals surface area contributed by atoms with Crippen LogP contribution in [-0.2, 0) is 52.0 Å². The minimum atomic E-state index is -4.27. The quantitative estimate of drug-likeness (QED) is 0.263. The third-order valence-electron chi connectivity index (χ3n) is 10.9. The number of amides is 4. The first-order valence-corrected chi connectivity index (χ1v) is 20.5. The first kappa shape index (κ1) is 39.4. The molecule has 1 aromatic rings. The highest BCUT2D eigenvalue weighted by atomic mass is 32.2. The molecule has 294 valence electrons. The Labute approximate surface area is 315 Å². The fourth-order valence-electron chi connectivity index (χ4n) is 7.98. The number of fused-ring (bicyclic) bond motifs is 3. The Kier molecular flexibility index (Phi) is 12.1. The van der Waals surface area contributed by atoms with Gasteiger partial charge in [-0.25, -0.2) is 13.9 Å². The zero-order valence-corrected chi connectivity index (χ0v) is 31.6. The molecule has 1 aromatic carbocycles. The topological polar surface area (TPSA) is 181 Å². The van der Waals surface area contributed by atoms with Crippen molar-refractivity contribution < 1.29 is 46.3 Å². The number of nitrogens with one attached hydrogen (secondary N) is 3. The van der Waals surface area contributed by atoms with E-state index < -0.39 is 81.4 Å². The van der Waals surface area contributed by atoms with Gasteiger partial charge in [-0.3, -0.25) is 24.1 Å². The van der Waals surface area contributed by atoms with Crippen molar-refractivity contribution in [2.45, 2.75) is 134 Å². The monoisotopic (exact) mass is 771 g/mol. The SMILES string of the molecule is CC(C)NS(=O)(=O)NC(=O)[C@@]12C[C@H]1C=C=CCCCCC[C@H](CC(=O)OC1CCCC1)C(=O)N1C[C@H](OC(=O)N3Cc4cccc(F)c4C3)C[C@H]1C(=O)N2. The molecular weight excluding hydrogens is 722 g/mol. The molecule has 1 saturated heterocycles. The standard InChI is InChI=1S/C38H50FN5O9S/c1-24(2)41-54(50,51)42-36(48)38-20-27(38)14-8-6-4-3-5-7-12-25(18-33(45)52-28-15-9-10-16-28)35(47)44-22-29(19-32(44)34(46)40-38)53-37(49)43-21-26-13-11-17-31(39)30(26)23-43/h6,11,13-14,17,24-25,27-29,32,41H,3-5,7,9-10,12,15-16,18-23H2,1-2H3,(H,40,46)(H,42,48)/t8?,25-,27-,29-,32+,38-/m1/s1. The summed E-state index contributed by atoms with van der Waals surface area (Å²) >= 11 is 0. The second-order valence-electron chi connectivity index (χ2n) is 15.4. The van der Waals surface area contributed by atoms with Crippen LogP contribution in [0.2, 0.25) is 0 Å². The van der Waals surface area contributed by atoms with Gasteiger partial charge in [-0.15, -0.1) is 5.73 Å². The van der Waals surface area contributed by atoms with E-state index in [-0.39, 0.29) is 45.0 Å². The number of halogens is 1. The van der Waals surface area contributed by atoms with E-state index in [4.69, 9.17) is 9.47 Å². The zero-order valence-electron chi connectivity index (χ0n) is 30.8. The fraction of sp³-hybridized carbons (Fsp3) is 0.632. The van der Waals surface area contributed by atoms with E-state index >= 15 is 0 Å². The Morgan fingerprint density at radius 3 is 2.54 bits per heavy atom. The van der Waals surface area contributed by atoms with Crippen LogP contribution in [0.15, 0.2) is 36.1 Å². The van der Waals surface area contributed by atoms with Gasteiger partial charge in [-0.05, 0) is 89.0 Å². The molecule has 5 aliphatic rings. The van der Waals surface area contributed by atoms with Crippen LogP contribution in [0.1, 0.15) is 102 Å². The van der Waals surface area contributed by atoms with Crippen LogP contribution in [-0.4, -0.2) is 84.4 Å². The summed E-state index contributed by atoms with van der Waals surface area (Å²) in [6.45, 7) is 3.17. The largest absolute Gasteiger partial charge is 0.462 e. The molecule has 0 bridgehead atoms. The highest BCUT2D eigenvalue weighted by Crippen LogP contribution is 2.45. The molecule has 4 amide bonds. The zero-order chi connectivity index (χ0) is 38.6. The molecule has 5 atom stereocenters. The predicted octanol–water partition coefficient (Wildman–Crippen LogP) is 3.65. The highest BCUT2D eigenvalue weighted by Gasteiger charge is 2.62. The number of nitrogens with zero attached hydrogens (tertiary/aromatic N) is 2. The Hall–Kier alpha value is -4.27. The number of hydrogen-bond donors (Lipinski definition) is 3. The number of esters is 1. The molecule has 0 aromatic heterocycles. The van der Waals surface area contributed by atoms with E-state index in [0.29, 0.717) is 30.4 Å². The van der Waals surface area contributed by atoms with Crippen LogP contribution < -0.4 is 14.8 Å². The Morgan fingerprint density at radius 2 is 1.80 bits per heavy atom. The average Bonchev–Trinajstić information content (AvgIpc) is 3.52. The van der Waals surface area contributed by atoms with Crippen LogP contribution in [0.5, 0.6) is 0 Å². The molecule has 16 heteroatoms. The molecule has 3 aliphatic heterocycles. The van der Waals surface area contributed by atoms with Crippen molar-refractivity contribution in [3.05, 3.63) is 53.0 Å². The third-order valence-corrected chi connectivity index (χ3v) is 12.1. The summed E-state index contributed by atoms with van der Waals surface area (Å²) in [4.78, 5) is 71.6. The van der Waals surface area contributed by atoms with Gasteiger partial charge in [0, 0.05) is 36.4 Å². The maximum atomic E-state index is 14.5. The third kappa shape index (κ3) is 9.32. The summed E-state index contributed by atoms with van der Waals surface area (Å²) in [6, 6.07) is 2.89. The lowest BCUT2D eigenvalue weighted by Gasteiger charge is -2.29. The minimum absolute atomic E-state index is 0.000851. The minimum Gasteiger partial charge on any atom is -0.462 e. The van der Waals surface area contributed by atoms with E-state index in [0.717, 1.165) is 38.5 Å². The van der Waals surface area contributed by atoms with Gasteiger partial charge in [-0.1, -0.05) is 25.0 Å². The summed E-state index contributed by atoms with van der Waals surface area (Å²) in [5, 5.41) is 2.76. The molecule has 0 unspecified atom stereocenters. The molecule has 0 spiro atoms. The van der Waals surface area contributed by atoms with Crippen molar-refractivity contribution in [2.75, 3.05) is 6.54 Å². The lowest BCUT2D eigenvalue weighted by molar-refractivity contribution is -0.154. The van der Waals surface area contributed by atoms with E-state index in [9.17, 15) is 36.8 Å². The van der Waals surface area contributed by atoms with Crippen LogP contribution in [0, 0.1) is 17.7 Å². The molecule has 3 fully saturated rings. The second kappa shape index (κ2) is 16.6. The molecule has 2 aliphatic carbocycles. The van der Waals surface area contributed by atoms with Crippen molar-refractivity contribution in [3.63, 3.8) is 0 Å². The first-order chi connectivity index (χ1) is 25.7. The fourth-order valence-corrected chi connectivity index (χ4v) is 9.08. The molecule has 14 nitrogen and oxygen atoms in total. The van der Waals surface area contributed by atoms with Gasteiger partial charge in [0.15, 0.2) is 0 Å². The van der Waals surface area contributed by atoms with Crippen molar-refractivity contribution in [2.24, 2.45) is 11.8 Å². The number of hydrogen-bond acceptors (Lipinski definition) is 9. The van der Waals surface area contributed by atoms with Crippen LogP contribution in [0.3, 0.4) is 0 Å². The predicted molar refractivity (Wildman–Crippen MR) is 193 cm³/mol. The summed E-state index contributed by atoms with van der Waals surface area (Å²) in [5.74, 6) is -4.48. The van der Waals surface area contributed by atoms with Crippen LogP contribution >= 0.6 is 0 Å². The molecule has 6 rings (SSSR count). The average molecular weight is 772 g/mol. The normalized spacial score (nSPS) is 27.6. The van der Waals surface area contributed by atoms with E-state index in [1.165, 1.54) is 15.9 Å².